The fraction of sp³-hybridized carbons (Fsp3) is 0.762. The Hall–Kier alpha value is -2.13. The Morgan fingerprint density at radius 3 is 2.37 bits per heavy atom. The van der Waals surface area contributed by atoms with Gasteiger partial charge < -0.3 is 20.0 Å². The zero-order valence-corrected chi connectivity index (χ0v) is 19.2. The van der Waals surface area contributed by atoms with Crippen LogP contribution in [0.15, 0.2) is 17.4 Å². The molecule has 2 fully saturated rings. The number of aliphatic imine (C=N–C) groups is 1. The summed E-state index contributed by atoms with van der Waals surface area (Å²) in [7, 11) is 7.94. The van der Waals surface area contributed by atoms with Crippen LogP contribution in [0.5, 0.6) is 0 Å². The van der Waals surface area contributed by atoms with E-state index in [0.717, 1.165) is 64.6 Å². The van der Waals surface area contributed by atoms with E-state index in [9.17, 15) is 4.79 Å². The van der Waals surface area contributed by atoms with Gasteiger partial charge in [0.05, 0.1) is 18.3 Å². The molecular weight excluding hydrogens is 380 g/mol. The highest BCUT2D eigenvalue weighted by molar-refractivity contribution is 5.82. The Balaban J connectivity index is 1.51. The number of piperazine rings is 1. The number of guanidine groups is 1. The van der Waals surface area contributed by atoms with Gasteiger partial charge in [-0.25, -0.2) is 0 Å². The molecule has 2 saturated heterocycles. The fourth-order valence-electron chi connectivity index (χ4n) is 4.41. The van der Waals surface area contributed by atoms with Crippen LogP contribution in [-0.2, 0) is 11.8 Å². The third kappa shape index (κ3) is 5.31. The first-order valence-electron chi connectivity index (χ1n) is 11.0. The predicted octanol–water partition coefficient (Wildman–Crippen LogP) is 0.227. The average Bonchev–Trinajstić information content (AvgIpc) is 3.42. The Bertz CT molecular complexity index is 716. The molecule has 3 heterocycles. The van der Waals surface area contributed by atoms with Crippen molar-refractivity contribution < 1.29 is 4.79 Å². The van der Waals surface area contributed by atoms with Gasteiger partial charge in [-0.2, -0.15) is 5.10 Å². The lowest BCUT2D eigenvalue weighted by atomic mass is 10.1. The molecule has 1 N–H and O–H groups in total. The number of rotatable bonds is 6. The summed E-state index contributed by atoms with van der Waals surface area (Å²) in [5.74, 6) is 1.21. The molecule has 30 heavy (non-hydrogen) atoms. The summed E-state index contributed by atoms with van der Waals surface area (Å²) in [6.45, 7) is 8.15. The van der Waals surface area contributed by atoms with E-state index in [1.165, 1.54) is 5.56 Å². The van der Waals surface area contributed by atoms with Crippen molar-refractivity contribution >= 4 is 11.9 Å². The molecule has 0 radical (unpaired) electrons. The van der Waals surface area contributed by atoms with Gasteiger partial charge in [0.1, 0.15) is 0 Å². The molecule has 0 saturated carbocycles. The molecule has 9 heteroatoms. The summed E-state index contributed by atoms with van der Waals surface area (Å²) in [6.07, 6.45) is 6.27. The van der Waals surface area contributed by atoms with Crippen LogP contribution >= 0.6 is 0 Å². The van der Waals surface area contributed by atoms with Crippen molar-refractivity contribution in [1.29, 1.82) is 0 Å². The number of likely N-dealkylation sites (N-methyl/N-ethyl adjacent to an activating group) is 1. The molecular formula is C21H38N8O. The Morgan fingerprint density at radius 2 is 1.83 bits per heavy atom. The van der Waals surface area contributed by atoms with Gasteiger partial charge in [0.15, 0.2) is 5.96 Å². The van der Waals surface area contributed by atoms with Crippen LogP contribution in [0.3, 0.4) is 0 Å². The molecule has 168 valence electrons. The van der Waals surface area contributed by atoms with Gasteiger partial charge in [-0.05, 0) is 33.9 Å². The molecule has 0 bridgehead atoms. The van der Waals surface area contributed by atoms with Gasteiger partial charge in [-0.3, -0.25) is 19.4 Å². The van der Waals surface area contributed by atoms with Gasteiger partial charge in [0.2, 0.25) is 5.91 Å². The normalized spacial score (nSPS) is 20.7. The van der Waals surface area contributed by atoms with Gasteiger partial charge in [-0.1, -0.05) is 0 Å². The zero-order valence-electron chi connectivity index (χ0n) is 19.2. The third-order valence-electron chi connectivity index (χ3n) is 6.33. The number of aryl methyl sites for hydroxylation is 1. The topological polar surface area (TPSA) is 72.2 Å². The summed E-state index contributed by atoms with van der Waals surface area (Å²) in [5, 5.41) is 7.85. The molecule has 1 amide bonds. The summed E-state index contributed by atoms with van der Waals surface area (Å²) in [5.41, 5.74) is 1.18. The first-order valence-corrected chi connectivity index (χ1v) is 11.0. The van der Waals surface area contributed by atoms with Crippen LogP contribution in [0, 0.1) is 0 Å². The minimum Gasteiger partial charge on any atom is -0.354 e. The van der Waals surface area contributed by atoms with Crippen molar-refractivity contribution in [3.63, 3.8) is 0 Å². The highest BCUT2D eigenvalue weighted by atomic mass is 16.2. The number of hydrogen-bond donors (Lipinski definition) is 1. The lowest BCUT2D eigenvalue weighted by Gasteiger charge is -2.40. The van der Waals surface area contributed by atoms with Crippen LogP contribution in [0.25, 0.3) is 0 Å². The summed E-state index contributed by atoms with van der Waals surface area (Å²) < 4.78 is 1.84. The monoisotopic (exact) mass is 418 g/mol. The first kappa shape index (κ1) is 22.6. The van der Waals surface area contributed by atoms with E-state index in [4.69, 9.17) is 0 Å². The second-order valence-corrected chi connectivity index (χ2v) is 8.59. The second-order valence-electron chi connectivity index (χ2n) is 8.59. The number of carbonyl (C=O) groups excluding carboxylic acids is 1. The predicted molar refractivity (Wildman–Crippen MR) is 119 cm³/mol. The molecule has 3 rings (SSSR count). The molecule has 0 aliphatic carbocycles. The third-order valence-corrected chi connectivity index (χ3v) is 6.33. The first-order chi connectivity index (χ1) is 14.4. The van der Waals surface area contributed by atoms with Gasteiger partial charge >= 0.3 is 0 Å². The van der Waals surface area contributed by atoms with Crippen molar-refractivity contribution in [2.24, 2.45) is 12.0 Å². The Morgan fingerprint density at radius 1 is 1.17 bits per heavy atom. The van der Waals surface area contributed by atoms with E-state index in [2.05, 4.69) is 57.3 Å². The van der Waals surface area contributed by atoms with Crippen LogP contribution in [0.4, 0.5) is 0 Å². The van der Waals surface area contributed by atoms with Crippen molar-refractivity contribution in [2.75, 3.05) is 67.0 Å². The number of amides is 1. The van der Waals surface area contributed by atoms with E-state index in [1.54, 1.807) is 0 Å². The average molecular weight is 419 g/mol. The molecule has 9 nitrogen and oxygen atoms in total. The lowest BCUT2D eigenvalue weighted by molar-refractivity contribution is -0.135. The highest BCUT2D eigenvalue weighted by Crippen LogP contribution is 2.17. The second kappa shape index (κ2) is 10.3. The number of nitrogens with zero attached hydrogens (tertiary/aromatic N) is 7. The quantitative estimate of drug-likeness (QED) is 0.527. The van der Waals surface area contributed by atoms with E-state index in [0.29, 0.717) is 0 Å². The van der Waals surface area contributed by atoms with Gasteiger partial charge in [0, 0.05) is 71.7 Å². The lowest BCUT2D eigenvalue weighted by Crippen LogP contribution is -2.57. The number of hydrogen-bond acceptors (Lipinski definition) is 5. The van der Waals surface area contributed by atoms with Crippen LogP contribution in [-0.4, -0.2) is 114 Å². The van der Waals surface area contributed by atoms with Crippen LogP contribution in [0.1, 0.15) is 31.4 Å². The molecule has 2 aliphatic heterocycles. The Kier molecular flexibility index (Phi) is 7.71. The summed E-state index contributed by atoms with van der Waals surface area (Å²) in [4.78, 5) is 26.0. The largest absolute Gasteiger partial charge is 0.354 e. The van der Waals surface area contributed by atoms with Gasteiger partial charge in [0.25, 0.3) is 0 Å². The maximum Gasteiger partial charge on any atom is 0.239 e. The van der Waals surface area contributed by atoms with Gasteiger partial charge in [-0.15, -0.1) is 0 Å². The molecule has 0 aromatic carbocycles. The maximum absolute atomic E-state index is 12.7. The molecule has 2 aliphatic rings. The zero-order chi connectivity index (χ0) is 21.7. The van der Waals surface area contributed by atoms with Crippen molar-refractivity contribution in [3.05, 3.63) is 18.0 Å². The fourth-order valence-corrected chi connectivity index (χ4v) is 4.41. The van der Waals surface area contributed by atoms with E-state index < -0.39 is 0 Å². The highest BCUT2D eigenvalue weighted by Gasteiger charge is 2.30. The molecule has 2 unspecified atom stereocenters. The van der Waals surface area contributed by atoms with E-state index in [-0.39, 0.29) is 18.0 Å². The van der Waals surface area contributed by atoms with Crippen LogP contribution in [0.2, 0.25) is 0 Å². The maximum atomic E-state index is 12.7. The summed E-state index contributed by atoms with van der Waals surface area (Å²) >= 11 is 0. The van der Waals surface area contributed by atoms with Crippen molar-refractivity contribution in [1.82, 2.24) is 34.7 Å². The van der Waals surface area contributed by atoms with Crippen LogP contribution < -0.4 is 5.32 Å². The molecule has 1 aromatic heterocycles. The Labute approximate surface area is 180 Å². The molecule has 1 aromatic rings. The van der Waals surface area contributed by atoms with Crippen molar-refractivity contribution in [3.8, 4) is 0 Å². The van der Waals surface area contributed by atoms with E-state index in [1.807, 2.05) is 29.9 Å². The van der Waals surface area contributed by atoms with Crippen molar-refractivity contribution in [2.45, 2.75) is 31.8 Å². The van der Waals surface area contributed by atoms with E-state index >= 15 is 0 Å². The minimum absolute atomic E-state index is 0.0380. The summed E-state index contributed by atoms with van der Waals surface area (Å²) in [6, 6.07) is 0.179. The standard InChI is InChI=1S/C21H38N8O/c1-17(20(30)28-8-6-7-9-28)27-10-12-29(13-11-27)21(22-2)23-15-19(25(3)4)18-14-24-26(5)16-18/h14,16-17,19H,6-13,15H2,1-5H3,(H,22,23). The molecule has 0 spiro atoms. The SMILES string of the molecule is CN=C(NCC(c1cnn(C)c1)N(C)C)N1CCN(C(C)C(=O)N2CCCC2)CC1. The minimum atomic E-state index is -0.0380. The number of carbonyl (C=O) groups is 1. The number of aromatic nitrogens is 2. The molecule has 2 atom stereocenters. The smallest absolute Gasteiger partial charge is 0.239 e. The number of likely N-dealkylation sites (tertiary alicyclic amines) is 1. The number of nitrogens with one attached hydrogen (secondary N) is 1.